The molecule has 0 radical (unpaired) electrons. The molecule has 0 atom stereocenters. The molecule has 33 heavy (non-hydrogen) atoms. The molecule has 3 aromatic carbocycles. The quantitative estimate of drug-likeness (QED) is 0.149. The van der Waals surface area contributed by atoms with E-state index in [1.54, 1.807) is 24.3 Å². The van der Waals surface area contributed by atoms with Crippen molar-refractivity contribution in [3.8, 4) is 17.1 Å². The first-order valence-electron chi connectivity index (χ1n) is 10.2. The standard InChI is InChI=1S/C24H20Cl2N4O2S/c1-15(2)19-5-3-4-6-22(19)29-23(20-12-9-17(25)13-21(20)26)27-28-24(29)33-14-16-7-10-18(11-8-16)30(31)32/h3-13,15H,14H2,1-2H3. The Morgan fingerprint density at radius 3 is 2.42 bits per heavy atom. The molecule has 0 aliphatic rings. The molecule has 6 nitrogen and oxygen atoms in total. The number of hydrogen-bond acceptors (Lipinski definition) is 5. The Morgan fingerprint density at radius 1 is 1.03 bits per heavy atom. The fraction of sp³-hybridized carbons (Fsp3) is 0.167. The number of halogens is 2. The van der Waals surface area contributed by atoms with Gasteiger partial charge in [-0.2, -0.15) is 0 Å². The van der Waals surface area contributed by atoms with Crippen LogP contribution in [0.5, 0.6) is 0 Å². The Labute approximate surface area is 205 Å². The molecule has 0 bridgehead atoms. The van der Waals surface area contributed by atoms with Crippen LogP contribution in [-0.2, 0) is 5.75 Å². The smallest absolute Gasteiger partial charge is 0.269 e. The second kappa shape index (κ2) is 9.95. The molecule has 0 saturated heterocycles. The fourth-order valence-corrected chi connectivity index (χ4v) is 4.86. The maximum absolute atomic E-state index is 10.9. The number of nitro benzene ring substituents is 1. The molecular weight excluding hydrogens is 479 g/mol. The van der Waals surface area contributed by atoms with Gasteiger partial charge >= 0.3 is 0 Å². The van der Waals surface area contributed by atoms with E-state index in [0.29, 0.717) is 26.8 Å². The lowest BCUT2D eigenvalue weighted by Gasteiger charge is -2.17. The highest BCUT2D eigenvalue weighted by Crippen LogP contribution is 2.36. The van der Waals surface area contributed by atoms with Crippen molar-refractivity contribution >= 4 is 40.7 Å². The molecule has 4 aromatic rings. The summed E-state index contributed by atoms with van der Waals surface area (Å²) in [6.07, 6.45) is 0. The summed E-state index contributed by atoms with van der Waals surface area (Å²) in [5.41, 5.74) is 3.88. The third-order valence-corrected chi connectivity index (χ3v) is 6.67. The van der Waals surface area contributed by atoms with E-state index in [9.17, 15) is 10.1 Å². The van der Waals surface area contributed by atoms with Gasteiger partial charge in [0.2, 0.25) is 0 Å². The minimum atomic E-state index is -0.404. The second-order valence-corrected chi connectivity index (χ2v) is 9.48. The van der Waals surface area contributed by atoms with Crippen LogP contribution in [0.1, 0.15) is 30.9 Å². The molecular formula is C24H20Cl2N4O2S. The molecule has 0 saturated carbocycles. The maximum Gasteiger partial charge on any atom is 0.269 e. The lowest BCUT2D eigenvalue weighted by Crippen LogP contribution is -2.05. The van der Waals surface area contributed by atoms with Crippen molar-refractivity contribution in [1.82, 2.24) is 14.8 Å². The average Bonchev–Trinajstić information content (AvgIpc) is 3.21. The molecule has 4 rings (SSSR count). The lowest BCUT2D eigenvalue weighted by molar-refractivity contribution is -0.384. The molecule has 168 valence electrons. The normalized spacial score (nSPS) is 11.2. The summed E-state index contributed by atoms with van der Waals surface area (Å²) in [6, 6.07) is 20.0. The van der Waals surface area contributed by atoms with E-state index in [1.165, 1.54) is 23.9 Å². The summed E-state index contributed by atoms with van der Waals surface area (Å²) >= 11 is 14.1. The minimum Gasteiger partial charge on any atom is -0.270 e. The van der Waals surface area contributed by atoms with E-state index >= 15 is 0 Å². The van der Waals surface area contributed by atoms with Gasteiger partial charge in [0.25, 0.3) is 5.69 Å². The van der Waals surface area contributed by atoms with Crippen molar-refractivity contribution in [3.05, 3.63) is 98.0 Å². The summed E-state index contributed by atoms with van der Waals surface area (Å²) < 4.78 is 2.01. The van der Waals surface area contributed by atoms with Crippen LogP contribution in [0.4, 0.5) is 5.69 Å². The second-order valence-electron chi connectivity index (χ2n) is 7.69. The molecule has 0 aliphatic heterocycles. The van der Waals surface area contributed by atoms with Gasteiger partial charge in [0.05, 0.1) is 15.6 Å². The van der Waals surface area contributed by atoms with Gasteiger partial charge in [0.1, 0.15) is 0 Å². The highest BCUT2D eigenvalue weighted by molar-refractivity contribution is 7.98. The molecule has 0 aliphatic carbocycles. The Morgan fingerprint density at radius 2 is 1.76 bits per heavy atom. The number of non-ortho nitro benzene ring substituents is 1. The molecule has 0 unspecified atom stereocenters. The summed E-state index contributed by atoms with van der Waals surface area (Å²) in [4.78, 5) is 10.5. The Hall–Kier alpha value is -2.87. The van der Waals surface area contributed by atoms with Crippen LogP contribution < -0.4 is 0 Å². The predicted molar refractivity (Wildman–Crippen MR) is 134 cm³/mol. The Bertz CT molecular complexity index is 1310. The van der Waals surface area contributed by atoms with Crippen molar-refractivity contribution in [2.24, 2.45) is 0 Å². The molecule has 0 N–H and O–H groups in total. The van der Waals surface area contributed by atoms with Crippen molar-refractivity contribution < 1.29 is 4.92 Å². The average molecular weight is 499 g/mol. The van der Waals surface area contributed by atoms with Crippen LogP contribution in [0.25, 0.3) is 17.1 Å². The van der Waals surface area contributed by atoms with Crippen LogP contribution in [0.15, 0.2) is 71.9 Å². The highest BCUT2D eigenvalue weighted by Gasteiger charge is 2.21. The molecule has 1 aromatic heterocycles. The van der Waals surface area contributed by atoms with Gasteiger partial charge in [-0.05, 0) is 41.3 Å². The van der Waals surface area contributed by atoms with Gasteiger partial charge in [-0.15, -0.1) is 10.2 Å². The highest BCUT2D eigenvalue weighted by atomic mass is 35.5. The van der Waals surface area contributed by atoms with Crippen LogP contribution in [0, 0.1) is 10.1 Å². The number of para-hydroxylation sites is 1. The molecule has 0 amide bonds. The topological polar surface area (TPSA) is 73.8 Å². The molecule has 0 spiro atoms. The lowest BCUT2D eigenvalue weighted by atomic mass is 10.0. The van der Waals surface area contributed by atoms with E-state index in [4.69, 9.17) is 23.2 Å². The zero-order valence-electron chi connectivity index (χ0n) is 17.9. The predicted octanol–water partition coefficient (Wildman–Crippen LogP) is 7.57. The molecule has 1 heterocycles. The zero-order valence-corrected chi connectivity index (χ0v) is 20.2. The van der Waals surface area contributed by atoms with E-state index in [-0.39, 0.29) is 11.6 Å². The number of rotatable bonds is 7. The van der Waals surface area contributed by atoms with E-state index in [1.807, 2.05) is 28.8 Å². The van der Waals surface area contributed by atoms with Crippen molar-refractivity contribution in [2.45, 2.75) is 30.7 Å². The van der Waals surface area contributed by atoms with Gasteiger partial charge in [0, 0.05) is 28.5 Å². The summed E-state index contributed by atoms with van der Waals surface area (Å²) in [5.74, 6) is 1.48. The van der Waals surface area contributed by atoms with Crippen LogP contribution in [0.3, 0.4) is 0 Å². The third kappa shape index (κ3) is 5.05. The SMILES string of the molecule is CC(C)c1ccccc1-n1c(SCc2ccc([N+](=O)[O-])cc2)nnc1-c1ccc(Cl)cc1Cl. The summed E-state index contributed by atoms with van der Waals surface area (Å²) in [6.45, 7) is 4.28. The number of hydrogen-bond donors (Lipinski definition) is 0. The third-order valence-electron chi connectivity index (χ3n) is 5.12. The van der Waals surface area contributed by atoms with E-state index in [0.717, 1.165) is 22.4 Å². The van der Waals surface area contributed by atoms with Gasteiger partial charge in [-0.25, -0.2) is 0 Å². The zero-order chi connectivity index (χ0) is 23.5. The van der Waals surface area contributed by atoms with Gasteiger partial charge < -0.3 is 0 Å². The van der Waals surface area contributed by atoms with E-state index in [2.05, 4.69) is 30.1 Å². The first kappa shape index (κ1) is 23.3. The largest absolute Gasteiger partial charge is 0.270 e. The van der Waals surface area contributed by atoms with Crippen LogP contribution in [0.2, 0.25) is 10.0 Å². The van der Waals surface area contributed by atoms with Crippen molar-refractivity contribution in [3.63, 3.8) is 0 Å². The molecule has 9 heteroatoms. The van der Waals surface area contributed by atoms with E-state index < -0.39 is 4.92 Å². The number of thioether (sulfide) groups is 1. The monoisotopic (exact) mass is 498 g/mol. The van der Waals surface area contributed by atoms with Crippen LogP contribution in [-0.4, -0.2) is 19.7 Å². The van der Waals surface area contributed by atoms with Crippen molar-refractivity contribution in [2.75, 3.05) is 0 Å². The summed E-state index contributed by atoms with van der Waals surface area (Å²) in [7, 11) is 0. The fourth-order valence-electron chi connectivity index (χ4n) is 3.47. The minimum absolute atomic E-state index is 0.0671. The molecule has 0 fully saturated rings. The first-order valence-corrected chi connectivity index (χ1v) is 12.0. The number of nitro groups is 1. The maximum atomic E-state index is 10.9. The summed E-state index contributed by atoms with van der Waals surface area (Å²) in [5, 5.41) is 21.6. The van der Waals surface area contributed by atoms with Gasteiger partial charge in [-0.3, -0.25) is 14.7 Å². The van der Waals surface area contributed by atoms with Crippen LogP contribution >= 0.6 is 35.0 Å². The van der Waals surface area contributed by atoms with Crippen molar-refractivity contribution in [1.29, 1.82) is 0 Å². The Balaban J connectivity index is 1.78. The number of nitrogens with zero attached hydrogens (tertiary/aromatic N) is 4. The van der Waals surface area contributed by atoms with Gasteiger partial charge in [-0.1, -0.05) is 79.1 Å². The van der Waals surface area contributed by atoms with Gasteiger partial charge in [0.15, 0.2) is 11.0 Å². The first-order chi connectivity index (χ1) is 15.8. The Kier molecular flexibility index (Phi) is 7.02. The number of benzene rings is 3. The number of aromatic nitrogens is 3.